The second-order valence-corrected chi connectivity index (χ2v) is 8.59. The zero-order valence-corrected chi connectivity index (χ0v) is 17.5. The predicted molar refractivity (Wildman–Crippen MR) is 112 cm³/mol. The van der Waals surface area contributed by atoms with Crippen LogP contribution in [0, 0.1) is 0 Å². The van der Waals surface area contributed by atoms with Crippen LogP contribution in [0.4, 0.5) is 0 Å². The highest BCUT2D eigenvalue weighted by molar-refractivity contribution is 7.99. The number of nitrogens with two attached hydrogens (primary N) is 1. The molecule has 7 nitrogen and oxygen atoms in total. The summed E-state index contributed by atoms with van der Waals surface area (Å²) < 4.78 is 6.73. The van der Waals surface area contributed by atoms with Gasteiger partial charge in [0.2, 0.25) is 16.9 Å². The summed E-state index contributed by atoms with van der Waals surface area (Å²) in [4.78, 5) is 5.41. The van der Waals surface area contributed by atoms with Gasteiger partial charge in [-0.05, 0) is 36.1 Å². The van der Waals surface area contributed by atoms with Gasteiger partial charge in [-0.2, -0.15) is 4.98 Å². The number of aryl methyl sites for hydroxylation is 1. The molecule has 0 unspecified atom stereocenters. The molecule has 0 amide bonds. The summed E-state index contributed by atoms with van der Waals surface area (Å²) in [5.74, 6) is 8.64. The summed E-state index contributed by atoms with van der Waals surface area (Å²) in [5.41, 5.74) is 0.680. The minimum absolute atomic E-state index is 0.473. The molecule has 144 valence electrons. The molecule has 0 fully saturated rings. The maximum Gasteiger partial charge on any atom is 0.227 e. The van der Waals surface area contributed by atoms with Crippen LogP contribution in [0.15, 0.2) is 45.4 Å². The molecule has 0 bridgehead atoms. The number of thioether (sulfide) groups is 1. The second-order valence-electron chi connectivity index (χ2n) is 5.74. The molecule has 4 aromatic rings. The number of rotatable bonds is 7. The maximum absolute atomic E-state index is 6.23. The van der Waals surface area contributed by atoms with Gasteiger partial charge in [0.15, 0.2) is 5.82 Å². The predicted octanol–water partition coefficient (Wildman–Crippen LogP) is 4.80. The summed E-state index contributed by atoms with van der Waals surface area (Å²) in [6.45, 7) is 0. The largest absolute Gasteiger partial charge is 0.339 e. The van der Waals surface area contributed by atoms with E-state index < -0.39 is 0 Å². The van der Waals surface area contributed by atoms with Gasteiger partial charge in [0, 0.05) is 22.8 Å². The number of aromatic nitrogens is 5. The van der Waals surface area contributed by atoms with Crippen molar-refractivity contribution in [2.24, 2.45) is 0 Å². The van der Waals surface area contributed by atoms with Crippen LogP contribution in [-0.2, 0) is 6.42 Å². The molecular formula is C17H14Cl2N6OS2. The minimum atomic E-state index is 0.473. The van der Waals surface area contributed by atoms with Crippen molar-refractivity contribution >= 4 is 46.3 Å². The number of halogens is 2. The van der Waals surface area contributed by atoms with E-state index in [0.717, 1.165) is 17.1 Å². The molecule has 3 heterocycles. The second kappa shape index (κ2) is 8.52. The van der Waals surface area contributed by atoms with E-state index in [2.05, 4.69) is 20.3 Å². The Balaban J connectivity index is 1.34. The Bertz CT molecular complexity index is 1080. The molecule has 1 aromatic carbocycles. The van der Waals surface area contributed by atoms with Crippen LogP contribution in [0.2, 0.25) is 10.0 Å². The normalized spacial score (nSPS) is 11.2. The van der Waals surface area contributed by atoms with E-state index in [4.69, 9.17) is 33.6 Å². The number of hydrogen-bond donors (Lipinski definition) is 1. The maximum atomic E-state index is 6.23. The summed E-state index contributed by atoms with van der Waals surface area (Å²) in [5, 5.41) is 15.9. The number of thiophene rings is 1. The van der Waals surface area contributed by atoms with Crippen molar-refractivity contribution in [1.29, 1.82) is 0 Å². The smallest absolute Gasteiger partial charge is 0.227 e. The van der Waals surface area contributed by atoms with Crippen molar-refractivity contribution in [3.05, 3.63) is 51.6 Å². The lowest BCUT2D eigenvalue weighted by Crippen LogP contribution is -2.11. The van der Waals surface area contributed by atoms with Crippen molar-refractivity contribution in [3.63, 3.8) is 0 Å². The van der Waals surface area contributed by atoms with Crippen molar-refractivity contribution in [1.82, 2.24) is 25.0 Å². The monoisotopic (exact) mass is 452 g/mol. The highest BCUT2D eigenvalue weighted by Crippen LogP contribution is 2.30. The Morgan fingerprint density at radius 2 is 2.11 bits per heavy atom. The van der Waals surface area contributed by atoms with Gasteiger partial charge >= 0.3 is 0 Å². The lowest BCUT2D eigenvalue weighted by molar-refractivity contribution is 0.378. The Labute approximate surface area is 178 Å². The van der Waals surface area contributed by atoms with Gasteiger partial charge in [-0.3, -0.25) is 0 Å². The molecule has 0 aliphatic carbocycles. The van der Waals surface area contributed by atoms with E-state index in [0.29, 0.717) is 44.7 Å². The Morgan fingerprint density at radius 3 is 2.89 bits per heavy atom. The lowest BCUT2D eigenvalue weighted by Gasteiger charge is -2.05. The SMILES string of the molecule is Nn1c(SCCCc2nc(-c3cccs3)no2)nnc1-c1ccc(Cl)cc1Cl. The standard InChI is InChI=1S/C17H14Cl2N6OS2/c18-10-5-6-11(12(19)9-10)16-22-23-17(25(16)20)28-8-2-4-14-21-15(24-26-14)13-3-1-7-27-13/h1,3,5-7,9H,2,4,8,20H2. The van der Waals surface area contributed by atoms with Crippen LogP contribution < -0.4 is 5.84 Å². The fourth-order valence-corrected chi connectivity index (χ4v) is 4.42. The van der Waals surface area contributed by atoms with E-state index in [-0.39, 0.29) is 0 Å². The first kappa shape index (κ1) is 19.3. The zero-order valence-electron chi connectivity index (χ0n) is 14.4. The average Bonchev–Trinajstić information content (AvgIpc) is 3.41. The Morgan fingerprint density at radius 1 is 1.21 bits per heavy atom. The first-order valence-electron chi connectivity index (χ1n) is 8.27. The molecule has 4 rings (SSSR count). The Kier molecular flexibility index (Phi) is 5.86. The number of hydrogen-bond acceptors (Lipinski definition) is 8. The highest BCUT2D eigenvalue weighted by Gasteiger charge is 2.15. The quantitative estimate of drug-likeness (QED) is 0.244. The molecule has 0 saturated heterocycles. The van der Waals surface area contributed by atoms with Crippen LogP contribution in [0.25, 0.3) is 22.1 Å². The van der Waals surface area contributed by atoms with Crippen molar-refractivity contribution in [3.8, 4) is 22.1 Å². The van der Waals surface area contributed by atoms with Crippen molar-refractivity contribution in [2.75, 3.05) is 11.6 Å². The van der Waals surface area contributed by atoms with Gasteiger partial charge < -0.3 is 10.4 Å². The molecule has 2 N–H and O–H groups in total. The molecule has 0 radical (unpaired) electrons. The molecule has 0 aliphatic heterocycles. The molecule has 28 heavy (non-hydrogen) atoms. The van der Waals surface area contributed by atoms with Crippen LogP contribution in [0.1, 0.15) is 12.3 Å². The third-order valence-electron chi connectivity index (χ3n) is 3.81. The molecule has 0 aliphatic rings. The number of benzene rings is 1. The van der Waals surface area contributed by atoms with Gasteiger partial charge in [0.1, 0.15) is 0 Å². The zero-order chi connectivity index (χ0) is 19.5. The fourth-order valence-electron chi connectivity index (χ4n) is 2.48. The van der Waals surface area contributed by atoms with Gasteiger partial charge in [0.05, 0.1) is 9.90 Å². The Hall–Kier alpha value is -2.07. The van der Waals surface area contributed by atoms with Crippen LogP contribution in [0.5, 0.6) is 0 Å². The van der Waals surface area contributed by atoms with E-state index in [1.165, 1.54) is 16.4 Å². The molecular weight excluding hydrogens is 439 g/mol. The number of nitrogens with zero attached hydrogens (tertiary/aromatic N) is 5. The van der Waals surface area contributed by atoms with Crippen LogP contribution in [-0.4, -0.2) is 30.8 Å². The van der Waals surface area contributed by atoms with Crippen LogP contribution >= 0.6 is 46.3 Å². The van der Waals surface area contributed by atoms with E-state index in [1.54, 1.807) is 29.5 Å². The average molecular weight is 453 g/mol. The highest BCUT2D eigenvalue weighted by atomic mass is 35.5. The van der Waals surface area contributed by atoms with E-state index in [1.807, 2.05) is 17.5 Å². The molecule has 0 saturated carbocycles. The van der Waals surface area contributed by atoms with Gasteiger partial charge in [-0.1, -0.05) is 46.2 Å². The fraction of sp³-hybridized carbons (Fsp3) is 0.176. The van der Waals surface area contributed by atoms with Gasteiger partial charge in [-0.15, -0.1) is 21.5 Å². The van der Waals surface area contributed by atoms with Gasteiger partial charge in [0.25, 0.3) is 0 Å². The topological polar surface area (TPSA) is 95.7 Å². The van der Waals surface area contributed by atoms with Crippen molar-refractivity contribution < 1.29 is 4.52 Å². The lowest BCUT2D eigenvalue weighted by atomic mass is 10.2. The third kappa shape index (κ3) is 4.17. The molecule has 0 spiro atoms. The van der Waals surface area contributed by atoms with Gasteiger partial charge in [-0.25, -0.2) is 4.68 Å². The molecule has 0 atom stereocenters. The summed E-state index contributed by atoms with van der Waals surface area (Å²) in [7, 11) is 0. The third-order valence-corrected chi connectivity index (χ3v) is 6.26. The van der Waals surface area contributed by atoms with Crippen LogP contribution in [0.3, 0.4) is 0 Å². The van der Waals surface area contributed by atoms with E-state index in [9.17, 15) is 0 Å². The first-order chi connectivity index (χ1) is 13.6. The summed E-state index contributed by atoms with van der Waals surface area (Å²) in [6, 6.07) is 9.08. The molecule has 3 aromatic heterocycles. The van der Waals surface area contributed by atoms with Crippen molar-refractivity contribution in [2.45, 2.75) is 18.0 Å². The molecule has 11 heteroatoms. The first-order valence-corrected chi connectivity index (χ1v) is 10.9. The number of nitrogen functional groups attached to an aromatic ring is 1. The summed E-state index contributed by atoms with van der Waals surface area (Å²) in [6.07, 6.45) is 1.51. The minimum Gasteiger partial charge on any atom is -0.339 e. The van der Waals surface area contributed by atoms with E-state index >= 15 is 0 Å². The summed E-state index contributed by atoms with van der Waals surface area (Å²) >= 11 is 15.2.